The lowest BCUT2D eigenvalue weighted by atomic mass is 9.42. The van der Waals surface area contributed by atoms with Gasteiger partial charge in [0, 0.05) is 54.3 Å². The Hall–Kier alpha value is -3.77. The van der Waals surface area contributed by atoms with E-state index in [2.05, 4.69) is 92.8 Å². The molecular formula is C44H53N5O3. The molecule has 6 bridgehead atoms. The Labute approximate surface area is 306 Å². The van der Waals surface area contributed by atoms with Crippen LogP contribution in [0.15, 0.2) is 77.5 Å². The number of guanidine groups is 1. The third-order valence-electron chi connectivity index (χ3n) is 15.6. The third kappa shape index (κ3) is 4.61. The van der Waals surface area contributed by atoms with Crippen LogP contribution in [0.5, 0.6) is 0 Å². The van der Waals surface area contributed by atoms with Gasteiger partial charge in [-0.2, -0.15) is 0 Å². The zero-order chi connectivity index (χ0) is 35.5. The van der Waals surface area contributed by atoms with Gasteiger partial charge in [-0.05, 0) is 128 Å². The molecule has 0 radical (unpaired) electrons. The van der Waals surface area contributed by atoms with Crippen LogP contribution in [-0.2, 0) is 12.8 Å². The fourth-order valence-electron chi connectivity index (χ4n) is 13.8. The number of aliphatic hydroxyl groups is 3. The van der Waals surface area contributed by atoms with Crippen molar-refractivity contribution in [1.82, 2.24) is 15.3 Å². The lowest BCUT2D eigenvalue weighted by Gasteiger charge is -2.61. The molecule has 4 saturated carbocycles. The molecule has 0 saturated heterocycles. The van der Waals surface area contributed by atoms with Gasteiger partial charge in [0.2, 0.25) is 0 Å². The Bertz CT molecular complexity index is 2000. The molecule has 2 aromatic heterocycles. The van der Waals surface area contributed by atoms with Crippen LogP contribution < -0.4 is 11.1 Å². The zero-order valence-corrected chi connectivity index (χ0v) is 30.2. The quantitative estimate of drug-likeness (QED) is 0.0829. The van der Waals surface area contributed by atoms with Crippen LogP contribution in [0.2, 0.25) is 0 Å². The molecule has 0 aliphatic heterocycles. The van der Waals surface area contributed by atoms with Crippen LogP contribution in [0.25, 0.3) is 10.9 Å². The molecule has 272 valence electrons. The second-order valence-corrected chi connectivity index (χ2v) is 17.9. The van der Waals surface area contributed by atoms with Crippen molar-refractivity contribution in [3.63, 3.8) is 0 Å². The second kappa shape index (κ2) is 11.6. The Morgan fingerprint density at radius 3 is 2.69 bits per heavy atom. The lowest BCUT2D eigenvalue weighted by Crippen LogP contribution is -2.59. The number of benzene rings is 1. The van der Waals surface area contributed by atoms with E-state index in [1.165, 1.54) is 28.8 Å². The SMILES string of the molecule is CN=C(N)NC1C#CC2CC3(C=C(Cc4cc5ccccc5[nH]4)C24C2C=CCC5(O)C6CC(O)C(O)(C1)C6C4CCC25)CCC(Cc1ccc[nH]1)C3. The standard InChI is InChI=1S/C44H53N5O3/c1-46-40(45)49-31-11-10-28-23-41(16-14-26(22-41)18-30-7-5-17-47-30)24-29(20-32-19-27-6-2-3-9-37(27)48-32)44(28)34-8-4-15-42(51)33(34)12-13-35(44)39-36(42)21-38(50)43(39,52)25-31/h2-9,17,19,24,26,28,31,33-36,38-39,47-48,50-52H,12-16,18,20-23,25H2,1H3,(H3,45,46,49). The minimum absolute atomic E-state index is 0.00819. The van der Waals surface area contributed by atoms with Crippen molar-refractivity contribution in [2.75, 3.05) is 7.05 Å². The summed E-state index contributed by atoms with van der Waals surface area (Å²) >= 11 is 0. The number of nitrogens with one attached hydrogen (secondary N) is 3. The lowest BCUT2D eigenvalue weighted by molar-refractivity contribution is -0.133. The number of H-pyrrole nitrogens is 2. The number of fused-ring (bicyclic) bond motifs is 2. The normalized spacial score (nSPS) is 44.3. The van der Waals surface area contributed by atoms with Gasteiger partial charge in [0.1, 0.15) is 0 Å². The second-order valence-electron chi connectivity index (χ2n) is 17.9. The van der Waals surface area contributed by atoms with Gasteiger partial charge >= 0.3 is 0 Å². The number of nitrogens with two attached hydrogens (primary N) is 1. The van der Waals surface area contributed by atoms with Crippen molar-refractivity contribution >= 4 is 16.9 Å². The van der Waals surface area contributed by atoms with Crippen LogP contribution in [0.3, 0.4) is 0 Å². The minimum atomic E-state index is -1.43. The summed E-state index contributed by atoms with van der Waals surface area (Å²) in [6.45, 7) is 0. The first-order valence-corrected chi connectivity index (χ1v) is 19.9. The highest BCUT2D eigenvalue weighted by Crippen LogP contribution is 2.75. The molecule has 3 aromatic rings. The summed E-state index contributed by atoms with van der Waals surface area (Å²) in [7, 11) is 1.66. The fraction of sp³-hybridized carbons (Fsp3) is 0.568. The molecule has 7 aliphatic rings. The smallest absolute Gasteiger partial charge is 0.189 e. The molecule has 7 aliphatic carbocycles. The molecule has 8 nitrogen and oxygen atoms in total. The molecule has 13 unspecified atom stereocenters. The number of hydrogen-bond acceptors (Lipinski definition) is 4. The summed E-state index contributed by atoms with van der Waals surface area (Å²) in [5, 5.41) is 42.7. The van der Waals surface area contributed by atoms with Crippen molar-refractivity contribution in [3.05, 3.63) is 83.9 Å². The monoisotopic (exact) mass is 699 g/mol. The van der Waals surface area contributed by atoms with Crippen molar-refractivity contribution in [3.8, 4) is 11.8 Å². The van der Waals surface area contributed by atoms with Crippen LogP contribution in [0, 0.1) is 64.1 Å². The van der Waals surface area contributed by atoms with Crippen LogP contribution in [-0.4, -0.2) is 61.6 Å². The van der Waals surface area contributed by atoms with E-state index in [-0.39, 0.29) is 53.3 Å². The van der Waals surface area contributed by atoms with Crippen LogP contribution in [0.1, 0.15) is 69.2 Å². The third-order valence-corrected chi connectivity index (χ3v) is 15.6. The maximum absolute atomic E-state index is 13.1. The Balaban J connectivity index is 1.20. The van der Waals surface area contributed by atoms with Gasteiger partial charge in [-0.15, -0.1) is 0 Å². The van der Waals surface area contributed by atoms with Crippen LogP contribution >= 0.6 is 0 Å². The van der Waals surface area contributed by atoms with Gasteiger partial charge in [-0.25, -0.2) is 0 Å². The number of hydrogen-bond donors (Lipinski definition) is 7. The predicted molar refractivity (Wildman–Crippen MR) is 203 cm³/mol. The first-order chi connectivity index (χ1) is 25.1. The molecule has 52 heavy (non-hydrogen) atoms. The van der Waals surface area contributed by atoms with Gasteiger partial charge in [-0.1, -0.05) is 53.8 Å². The van der Waals surface area contributed by atoms with Crippen molar-refractivity contribution in [2.45, 2.75) is 94.0 Å². The largest absolute Gasteiger partial charge is 0.390 e. The highest BCUT2D eigenvalue weighted by Gasteiger charge is 2.75. The average molecular weight is 700 g/mol. The number of aliphatic imine (C=N–C) groups is 1. The van der Waals surface area contributed by atoms with E-state index in [9.17, 15) is 15.3 Å². The highest BCUT2D eigenvalue weighted by molar-refractivity contribution is 5.80. The van der Waals surface area contributed by atoms with Crippen molar-refractivity contribution < 1.29 is 15.3 Å². The maximum atomic E-state index is 13.1. The van der Waals surface area contributed by atoms with Gasteiger partial charge < -0.3 is 36.3 Å². The van der Waals surface area contributed by atoms with Crippen molar-refractivity contribution in [2.24, 2.45) is 63.0 Å². The average Bonchev–Trinajstić information content (AvgIpc) is 3.91. The summed E-state index contributed by atoms with van der Waals surface area (Å²) in [5.41, 5.74) is 8.56. The molecule has 1 aromatic carbocycles. The van der Waals surface area contributed by atoms with E-state index in [0.29, 0.717) is 18.8 Å². The van der Waals surface area contributed by atoms with Gasteiger partial charge in [-0.3, -0.25) is 4.99 Å². The van der Waals surface area contributed by atoms with Gasteiger partial charge in [0.25, 0.3) is 0 Å². The molecule has 4 fully saturated rings. The molecule has 10 rings (SSSR count). The van der Waals surface area contributed by atoms with E-state index in [1.54, 1.807) is 7.05 Å². The fourth-order valence-corrected chi connectivity index (χ4v) is 13.8. The van der Waals surface area contributed by atoms with E-state index in [4.69, 9.17) is 5.73 Å². The Kier molecular flexibility index (Phi) is 7.34. The first kappa shape index (κ1) is 32.8. The Morgan fingerprint density at radius 2 is 1.87 bits per heavy atom. The van der Waals surface area contributed by atoms with Crippen LogP contribution in [0.4, 0.5) is 0 Å². The molecule has 8 heteroatoms. The number of aliphatic hydroxyl groups excluding tert-OH is 1. The topological polar surface area (TPSA) is 143 Å². The number of aromatic nitrogens is 2. The Morgan fingerprint density at radius 1 is 1.00 bits per heavy atom. The summed E-state index contributed by atoms with van der Waals surface area (Å²) < 4.78 is 0. The molecule has 0 amide bonds. The molecule has 2 heterocycles. The predicted octanol–water partition coefficient (Wildman–Crippen LogP) is 5.39. The number of nitrogens with zero attached hydrogens (tertiary/aromatic N) is 1. The number of para-hydroxylation sites is 1. The summed E-state index contributed by atoms with van der Waals surface area (Å²) in [6, 6.07) is 14.7. The van der Waals surface area contributed by atoms with E-state index in [0.717, 1.165) is 50.5 Å². The highest BCUT2D eigenvalue weighted by atomic mass is 16.3. The molecule has 13 atom stereocenters. The maximum Gasteiger partial charge on any atom is 0.189 e. The number of aromatic amines is 2. The van der Waals surface area contributed by atoms with E-state index < -0.39 is 28.8 Å². The first-order valence-electron chi connectivity index (χ1n) is 19.9. The van der Waals surface area contributed by atoms with Gasteiger partial charge in [0.05, 0.1) is 23.3 Å². The summed E-state index contributed by atoms with van der Waals surface area (Å²) in [4.78, 5) is 11.5. The molecule has 8 N–H and O–H groups in total. The van der Waals surface area contributed by atoms with E-state index in [1.807, 2.05) is 6.20 Å². The number of allylic oxidation sites excluding steroid dienone is 3. The van der Waals surface area contributed by atoms with Gasteiger partial charge in [0.15, 0.2) is 5.96 Å². The van der Waals surface area contributed by atoms with Crippen molar-refractivity contribution in [1.29, 1.82) is 0 Å². The van der Waals surface area contributed by atoms with E-state index >= 15 is 0 Å². The summed E-state index contributed by atoms with van der Waals surface area (Å²) in [6.07, 6.45) is 17.8. The number of rotatable bonds is 5. The zero-order valence-electron chi connectivity index (χ0n) is 30.2. The summed E-state index contributed by atoms with van der Waals surface area (Å²) in [5.74, 6) is 8.20. The molecular weight excluding hydrogens is 647 g/mol. The minimum Gasteiger partial charge on any atom is -0.390 e. The molecule has 2 spiro atoms.